The van der Waals surface area contributed by atoms with Gasteiger partial charge in [0.25, 0.3) is 0 Å². The Morgan fingerprint density at radius 2 is 2.21 bits per heavy atom. The highest BCUT2D eigenvalue weighted by molar-refractivity contribution is 5.84. The summed E-state index contributed by atoms with van der Waals surface area (Å²) >= 11 is 0. The third-order valence-corrected chi connectivity index (χ3v) is 3.54. The van der Waals surface area contributed by atoms with Gasteiger partial charge in [0.1, 0.15) is 6.04 Å². The zero-order valence-corrected chi connectivity index (χ0v) is 11.6. The molecule has 4 nitrogen and oxygen atoms in total. The topological polar surface area (TPSA) is 61.4 Å². The molecule has 19 heavy (non-hydrogen) atoms. The smallest absolute Gasteiger partial charge is 0.241 e. The number of fused-ring (bicyclic) bond motifs is 1. The van der Waals surface area contributed by atoms with E-state index in [4.69, 9.17) is 0 Å². The van der Waals surface area contributed by atoms with Crippen LogP contribution < -0.4 is 10.6 Å². The predicted molar refractivity (Wildman–Crippen MR) is 74.8 cm³/mol. The average Bonchev–Trinajstić information content (AvgIpc) is 2.44. The van der Waals surface area contributed by atoms with Gasteiger partial charge >= 0.3 is 0 Å². The first-order valence-electron chi connectivity index (χ1n) is 6.73. The first-order valence-corrected chi connectivity index (χ1v) is 6.73. The van der Waals surface area contributed by atoms with Crippen molar-refractivity contribution in [1.82, 2.24) is 10.6 Å². The van der Waals surface area contributed by atoms with E-state index >= 15 is 0 Å². The van der Waals surface area contributed by atoms with Crippen molar-refractivity contribution in [2.75, 3.05) is 19.7 Å². The minimum Gasteiger partial charge on any atom is -0.396 e. The molecule has 1 atom stereocenters. The summed E-state index contributed by atoms with van der Waals surface area (Å²) in [4.78, 5) is 12.3. The molecule has 1 amide bonds. The number of benzene rings is 1. The maximum atomic E-state index is 12.3. The fraction of sp³-hybridized carbons (Fsp3) is 0.533. The zero-order chi connectivity index (χ0) is 13.9. The highest BCUT2D eigenvalue weighted by Gasteiger charge is 2.27. The van der Waals surface area contributed by atoms with Crippen LogP contribution in [0.4, 0.5) is 0 Å². The van der Waals surface area contributed by atoms with Crippen molar-refractivity contribution in [3.05, 3.63) is 35.4 Å². The van der Waals surface area contributed by atoms with Crippen LogP contribution in [-0.2, 0) is 11.2 Å². The van der Waals surface area contributed by atoms with Gasteiger partial charge in [0, 0.05) is 25.1 Å². The number of aliphatic hydroxyl groups is 1. The first kappa shape index (κ1) is 14.0. The van der Waals surface area contributed by atoms with Crippen molar-refractivity contribution < 1.29 is 9.90 Å². The maximum Gasteiger partial charge on any atom is 0.241 e. The van der Waals surface area contributed by atoms with E-state index in [9.17, 15) is 9.90 Å². The third-order valence-electron chi connectivity index (χ3n) is 3.54. The van der Waals surface area contributed by atoms with Crippen LogP contribution in [0, 0.1) is 5.41 Å². The largest absolute Gasteiger partial charge is 0.396 e. The molecule has 0 aromatic heterocycles. The number of aliphatic hydroxyl groups excluding tert-OH is 1. The lowest BCUT2D eigenvalue weighted by Crippen LogP contribution is -2.44. The van der Waals surface area contributed by atoms with Crippen molar-refractivity contribution in [3.63, 3.8) is 0 Å². The molecule has 3 N–H and O–H groups in total. The Kier molecular flexibility index (Phi) is 4.22. The van der Waals surface area contributed by atoms with Gasteiger partial charge in [0.05, 0.1) is 0 Å². The van der Waals surface area contributed by atoms with Gasteiger partial charge in [-0.25, -0.2) is 0 Å². The van der Waals surface area contributed by atoms with Gasteiger partial charge in [-0.05, 0) is 17.5 Å². The quantitative estimate of drug-likeness (QED) is 0.759. The molecule has 0 aliphatic carbocycles. The summed E-state index contributed by atoms with van der Waals surface area (Å²) in [5.74, 6) is -0.0197. The molecule has 0 bridgehead atoms. The summed E-state index contributed by atoms with van der Waals surface area (Å²) in [6, 6.07) is 7.77. The minimum absolute atomic E-state index is 0.0197. The average molecular weight is 262 g/mol. The van der Waals surface area contributed by atoms with Crippen LogP contribution in [0.15, 0.2) is 24.3 Å². The second kappa shape index (κ2) is 5.72. The van der Waals surface area contributed by atoms with Gasteiger partial charge in [-0.15, -0.1) is 0 Å². The van der Waals surface area contributed by atoms with Crippen LogP contribution in [0.2, 0.25) is 0 Å². The number of amides is 1. The predicted octanol–water partition coefficient (Wildman–Crippen LogP) is 1.01. The lowest BCUT2D eigenvalue weighted by molar-refractivity contribution is -0.124. The van der Waals surface area contributed by atoms with Crippen LogP contribution in [0.1, 0.15) is 31.0 Å². The molecule has 104 valence electrons. The Balaban J connectivity index is 2.05. The van der Waals surface area contributed by atoms with E-state index in [0.717, 1.165) is 18.5 Å². The molecule has 1 aliphatic rings. The zero-order valence-electron chi connectivity index (χ0n) is 11.6. The summed E-state index contributed by atoms with van der Waals surface area (Å²) in [7, 11) is 0. The fourth-order valence-corrected chi connectivity index (χ4v) is 2.22. The number of hydrogen-bond acceptors (Lipinski definition) is 3. The second-order valence-corrected chi connectivity index (χ2v) is 5.88. The summed E-state index contributed by atoms with van der Waals surface area (Å²) in [6.07, 6.45) is 0.960. The van der Waals surface area contributed by atoms with E-state index in [1.807, 2.05) is 32.0 Å². The molecule has 4 heteroatoms. The minimum atomic E-state index is -0.288. The SMILES string of the molecule is CC(C)(CO)CNC(=O)C1NCCc2ccccc21. The highest BCUT2D eigenvalue weighted by atomic mass is 16.3. The van der Waals surface area contributed by atoms with E-state index in [0.29, 0.717) is 6.54 Å². The van der Waals surface area contributed by atoms with Crippen LogP contribution in [-0.4, -0.2) is 30.7 Å². The monoisotopic (exact) mass is 262 g/mol. The van der Waals surface area contributed by atoms with Crippen molar-refractivity contribution in [2.24, 2.45) is 5.41 Å². The van der Waals surface area contributed by atoms with E-state index in [-0.39, 0.29) is 24.0 Å². The molecule has 1 aromatic rings. The molecular weight excluding hydrogens is 240 g/mol. The Labute approximate surface area is 114 Å². The molecule has 0 spiro atoms. The molecule has 1 aliphatic heterocycles. The number of nitrogens with one attached hydrogen (secondary N) is 2. The van der Waals surface area contributed by atoms with E-state index < -0.39 is 0 Å². The Hall–Kier alpha value is -1.39. The number of carbonyl (C=O) groups is 1. The highest BCUT2D eigenvalue weighted by Crippen LogP contribution is 2.23. The standard InChI is InChI=1S/C15H22N2O2/c1-15(2,10-18)9-17-14(19)13-12-6-4-3-5-11(12)7-8-16-13/h3-6,13,16,18H,7-10H2,1-2H3,(H,17,19). The first-order chi connectivity index (χ1) is 9.03. The fourth-order valence-electron chi connectivity index (χ4n) is 2.22. The van der Waals surface area contributed by atoms with Crippen molar-refractivity contribution >= 4 is 5.91 Å². The van der Waals surface area contributed by atoms with Crippen LogP contribution in [0.5, 0.6) is 0 Å². The molecule has 0 saturated carbocycles. The van der Waals surface area contributed by atoms with Gasteiger partial charge in [0.2, 0.25) is 5.91 Å². The van der Waals surface area contributed by atoms with Crippen LogP contribution in [0.25, 0.3) is 0 Å². The van der Waals surface area contributed by atoms with E-state index in [1.165, 1.54) is 5.56 Å². The second-order valence-electron chi connectivity index (χ2n) is 5.88. The Morgan fingerprint density at radius 1 is 1.47 bits per heavy atom. The Bertz CT molecular complexity index is 457. The third kappa shape index (κ3) is 3.33. The van der Waals surface area contributed by atoms with Crippen LogP contribution >= 0.6 is 0 Å². The molecule has 0 fully saturated rings. The molecule has 0 saturated heterocycles. The van der Waals surface area contributed by atoms with Gasteiger partial charge in [-0.3, -0.25) is 4.79 Å². The number of carbonyl (C=O) groups excluding carboxylic acids is 1. The maximum absolute atomic E-state index is 12.3. The number of hydrogen-bond donors (Lipinski definition) is 3. The van der Waals surface area contributed by atoms with Gasteiger partial charge < -0.3 is 15.7 Å². The summed E-state index contributed by atoms with van der Waals surface area (Å²) < 4.78 is 0. The Morgan fingerprint density at radius 3 is 2.95 bits per heavy atom. The normalized spacial score (nSPS) is 18.8. The van der Waals surface area contributed by atoms with E-state index in [1.54, 1.807) is 0 Å². The van der Waals surface area contributed by atoms with E-state index in [2.05, 4.69) is 16.7 Å². The number of rotatable bonds is 4. The van der Waals surface area contributed by atoms with Crippen molar-refractivity contribution in [1.29, 1.82) is 0 Å². The van der Waals surface area contributed by atoms with Gasteiger partial charge in [0.15, 0.2) is 0 Å². The summed E-state index contributed by atoms with van der Waals surface area (Å²) in [5.41, 5.74) is 2.01. The lowest BCUT2D eigenvalue weighted by Gasteiger charge is -2.28. The van der Waals surface area contributed by atoms with Gasteiger partial charge in [-0.1, -0.05) is 38.1 Å². The summed E-state index contributed by atoms with van der Waals surface area (Å²) in [5, 5.41) is 15.4. The van der Waals surface area contributed by atoms with Gasteiger partial charge in [-0.2, -0.15) is 0 Å². The molecule has 1 aromatic carbocycles. The molecule has 2 rings (SSSR count). The molecule has 1 heterocycles. The van der Waals surface area contributed by atoms with Crippen LogP contribution in [0.3, 0.4) is 0 Å². The molecular formula is C15H22N2O2. The molecule has 0 radical (unpaired) electrons. The van der Waals surface area contributed by atoms with Crippen molar-refractivity contribution in [3.8, 4) is 0 Å². The summed E-state index contributed by atoms with van der Waals surface area (Å²) in [6.45, 7) is 5.20. The lowest BCUT2D eigenvalue weighted by atomic mass is 9.92. The molecule has 1 unspecified atom stereocenters. The van der Waals surface area contributed by atoms with Crippen molar-refractivity contribution in [2.45, 2.75) is 26.3 Å².